The van der Waals surface area contributed by atoms with Crippen molar-refractivity contribution < 1.29 is 0 Å². The van der Waals surface area contributed by atoms with Crippen LogP contribution in [0.15, 0.2) is 0 Å². The molecule has 3 atom stereocenters. The molecule has 0 amide bonds. The molecule has 2 aliphatic carbocycles. The highest BCUT2D eigenvalue weighted by Crippen LogP contribution is 2.56. The summed E-state index contributed by atoms with van der Waals surface area (Å²) in [5.41, 5.74) is 0.764. The summed E-state index contributed by atoms with van der Waals surface area (Å²) >= 11 is 0. The second-order valence-electron chi connectivity index (χ2n) is 4.57. The fraction of sp³-hybridized carbons (Fsp3) is 1.00. The summed E-state index contributed by atoms with van der Waals surface area (Å²) in [6, 6.07) is 0. The summed E-state index contributed by atoms with van der Waals surface area (Å²) in [4.78, 5) is 0. The highest BCUT2D eigenvalue weighted by Gasteiger charge is 2.46. The molecule has 0 N–H and O–H groups in total. The molecule has 58 valence electrons. The molecule has 0 radical (unpaired) electrons. The van der Waals surface area contributed by atoms with Crippen LogP contribution in [0.25, 0.3) is 0 Å². The average molecular weight is 138 g/mol. The van der Waals surface area contributed by atoms with Gasteiger partial charge in [-0.25, -0.2) is 0 Å². The van der Waals surface area contributed by atoms with Gasteiger partial charge in [0.1, 0.15) is 0 Å². The molecule has 0 saturated heterocycles. The molecule has 0 aliphatic heterocycles. The summed E-state index contributed by atoms with van der Waals surface area (Å²) in [6.07, 6.45) is 7.57. The van der Waals surface area contributed by atoms with Crippen molar-refractivity contribution in [2.45, 2.75) is 46.0 Å². The predicted molar refractivity (Wildman–Crippen MR) is 43.8 cm³/mol. The third-order valence-corrected chi connectivity index (χ3v) is 4.27. The van der Waals surface area contributed by atoms with E-state index in [1.54, 1.807) is 0 Å². The van der Waals surface area contributed by atoms with Gasteiger partial charge in [0.15, 0.2) is 0 Å². The largest absolute Gasteiger partial charge is 0.0620 e. The van der Waals surface area contributed by atoms with Crippen molar-refractivity contribution in [2.24, 2.45) is 17.3 Å². The SMILES string of the molecule is CC1CCC2CCCC12C. The molecular formula is C10H18. The molecule has 3 unspecified atom stereocenters. The topological polar surface area (TPSA) is 0 Å². The first-order chi connectivity index (χ1) is 4.73. The quantitative estimate of drug-likeness (QED) is 0.482. The van der Waals surface area contributed by atoms with Crippen molar-refractivity contribution >= 4 is 0 Å². The molecule has 0 bridgehead atoms. The van der Waals surface area contributed by atoms with Crippen LogP contribution in [0, 0.1) is 17.3 Å². The zero-order valence-electron chi connectivity index (χ0n) is 7.19. The zero-order valence-corrected chi connectivity index (χ0v) is 7.19. The summed E-state index contributed by atoms with van der Waals surface area (Å²) in [5.74, 6) is 2.11. The Morgan fingerprint density at radius 3 is 2.70 bits per heavy atom. The Bertz CT molecular complexity index is 139. The maximum absolute atomic E-state index is 2.52. The van der Waals surface area contributed by atoms with Crippen LogP contribution in [0.2, 0.25) is 0 Å². The highest BCUT2D eigenvalue weighted by molar-refractivity contribution is 4.96. The Balaban J connectivity index is 2.21. The first-order valence-electron chi connectivity index (χ1n) is 4.73. The lowest BCUT2D eigenvalue weighted by Gasteiger charge is -2.28. The molecule has 2 saturated carbocycles. The van der Waals surface area contributed by atoms with Gasteiger partial charge in [-0.05, 0) is 42.9 Å². The van der Waals surface area contributed by atoms with Gasteiger partial charge in [-0.3, -0.25) is 0 Å². The molecule has 0 nitrogen and oxygen atoms in total. The van der Waals surface area contributed by atoms with Crippen molar-refractivity contribution in [1.29, 1.82) is 0 Å². The molecule has 0 heteroatoms. The standard InChI is InChI=1S/C10H18/c1-8-5-6-9-4-3-7-10(8,9)2/h8-9H,3-7H2,1-2H3. The lowest BCUT2D eigenvalue weighted by atomic mass is 9.77. The monoisotopic (exact) mass is 138 g/mol. The van der Waals surface area contributed by atoms with Gasteiger partial charge in [-0.1, -0.05) is 20.3 Å². The Kier molecular flexibility index (Phi) is 1.33. The van der Waals surface area contributed by atoms with Crippen molar-refractivity contribution in [2.75, 3.05) is 0 Å². The van der Waals surface area contributed by atoms with E-state index < -0.39 is 0 Å². The van der Waals surface area contributed by atoms with Gasteiger partial charge in [0.2, 0.25) is 0 Å². The number of rotatable bonds is 0. The van der Waals surface area contributed by atoms with E-state index in [1.807, 2.05) is 0 Å². The normalized spacial score (nSPS) is 53.4. The van der Waals surface area contributed by atoms with Gasteiger partial charge in [-0.2, -0.15) is 0 Å². The average Bonchev–Trinajstić information content (AvgIpc) is 2.36. The molecule has 10 heavy (non-hydrogen) atoms. The molecule has 2 rings (SSSR count). The lowest BCUT2D eigenvalue weighted by molar-refractivity contribution is 0.206. The van der Waals surface area contributed by atoms with E-state index in [1.165, 1.54) is 32.1 Å². The van der Waals surface area contributed by atoms with E-state index in [9.17, 15) is 0 Å². The highest BCUT2D eigenvalue weighted by atomic mass is 14.5. The van der Waals surface area contributed by atoms with Gasteiger partial charge in [0, 0.05) is 0 Å². The lowest BCUT2D eigenvalue weighted by Crippen LogP contribution is -2.21. The predicted octanol–water partition coefficient (Wildman–Crippen LogP) is 3.22. The third kappa shape index (κ3) is 0.681. The smallest absolute Gasteiger partial charge is 0.0272 e. The van der Waals surface area contributed by atoms with E-state index in [-0.39, 0.29) is 0 Å². The van der Waals surface area contributed by atoms with E-state index in [4.69, 9.17) is 0 Å². The van der Waals surface area contributed by atoms with E-state index in [0.29, 0.717) is 0 Å². The van der Waals surface area contributed by atoms with Crippen LogP contribution in [0.5, 0.6) is 0 Å². The van der Waals surface area contributed by atoms with Crippen LogP contribution in [0.3, 0.4) is 0 Å². The van der Waals surface area contributed by atoms with Gasteiger partial charge in [0.05, 0.1) is 0 Å². The number of hydrogen-bond donors (Lipinski definition) is 0. The second-order valence-corrected chi connectivity index (χ2v) is 4.57. The van der Waals surface area contributed by atoms with Gasteiger partial charge in [-0.15, -0.1) is 0 Å². The van der Waals surface area contributed by atoms with Crippen LogP contribution in [0.4, 0.5) is 0 Å². The number of fused-ring (bicyclic) bond motifs is 1. The Hall–Kier alpha value is 0. The fourth-order valence-electron chi connectivity index (χ4n) is 3.17. The zero-order chi connectivity index (χ0) is 7.19. The Labute approximate surface area is 64.0 Å². The molecule has 2 fully saturated rings. The summed E-state index contributed by atoms with van der Waals surface area (Å²) < 4.78 is 0. The van der Waals surface area contributed by atoms with Gasteiger partial charge >= 0.3 is 0 Å². The van der Waals surface area contributed by atoms with Crippen molar-refractivity contribution in [3.05, 3.63) is 0 Å². The van der Waals surface area contributed by atoms with Crippen LogP contribution in [-0.2, 0) is 0 Å². The van der Waals surface area contributed by atoms with Crippen molar-refractivity contribution in [1.82, 2.24) is 0 Å². The van der Waals surface area contributed by atoms with Gasteiger partial charge < -0.3 is 0 Å². The summed E-state index contributed by atoms with van der Waals surface area (Å²) in [7, 11) is 0. The maximum atomic E-state index is 2.52. The van der Waals surface area contributed by atoms with E-state index in [2.05, 4.69) is 13.8 Å². The Morgan fingerprint density at radius 1 is 1.20 bits per heavy atom. The molecule has 0 aromatic carbocycles. The molecule has 0 aromatic rings. The Morgan fingerprint density at radius 2 is 2.00 bits per heavy atom. The molecular weight excluding hydrogens is 120 g/mol. The van der Waals surface area contributed by atoms with Gasteiger partial charge in [0.25, 0.3) is 0 Å². The van der Waals surface area contributed by atoms with Crippen molar-refractivity contribution in [3.63, 3.8) is 0 Å². The first-order valence-corrected chi connectivity index (χ1v) is 4.73. The van der Waals surface area contributed by atoms with Crippen LogP contribution < -0.4 is 0 Å². The summed E-state index contributed by atoms with van der Waals surface area (Å²) in [6.45, 7) is 4.97. The minimum absolute atomic E-state index is 0.764. The van der Waals surface area contributed by atoms with E-state index in [0.717, 1.165) is 17.3 Å². The molecule has 0 aromatic heterocycles. The van der Waals surface area contributed by atoms with Crippen molar-refractivity contribution in [3.8, 4) is 0 Å². The van der Waals surface area contributed by atoms with Crippen LogP contribution in [0.1, 0.15) is 46.0 Å². The first kappa shape index (κ1) is 6.69. The second kappa shape index (κ2) is 1.99. The minimum atomic E-state index is 0.764. The fourth-order valence-corrected chi connectivity index (χ4v) is 3.17. The molecule has 2 aliphatic rings. The van der Waals surface area contributed by atoms with Crippen LogP contribution >= 0.6 is 0 Å². The molecule has 0 heterocycles. The van der Waals surface area contributed by atoms with Crippen LogP contribution in [-0.4, -0.2) is 0 Å². The number of hydrogen-bond acceptors (Lipinski definition) is 0. The van der Waals surface area contributed by atoms with E-state index >= 15 is 0 Å². The molecule has 0 spiro atoms. The minimum Gasteiger partial charge on any atom is -0.0620 e. The summed E-state index contributed by atoms with van der Waals surface area (Å²) in [5, 5.41) is 0. The maximum Gasteiger partial charge on any atom is -0.0272 e. The third-order valence-electron chi connectivity index (χ3n) is 4.27.